The molecule has 1 atom stereocenters. The topological polar surface area (TPSA) is 63.9 Å². The monoisotopic (exact) mass is 515 g/mol. The van der Waals surface area contributed by atoms with Gasteiger partial charge in [-0.3, -0.25) is 4.79 Å². The number of hydrogen-bond donors (Lipinski definition) is 0. The van der Waals surface area contributed by atoms with Crippen LogP contribution in [-0.4, -0.2) is 37.1 Å². The van der Waals surface area contributed by atoms with Gasteiger partial charge in [-0.15, -0.1) is 32.9 Å². The number of carbonyl (C=O) groups excluding carboxylic acids is 1. The Labute approximate surface area is 215 Å². The lowest BCUT2D eigenvalue weighted by Gasteiger charge is -2.33. The molecule has 4 heterocycles. The standard InChI is InChI=1S/C27H22FN5OS2/c1-16-11-14-35-23(16)18-3-5-20(6-4-18)27(34)32-12-13-33-24(17(32)2)30-31-25(33)22-15-36-26(29-22)19-7-9-21(28)10-8-19/h3-11,14-15,17H,12-13H2,1-2H3/t17-/m0/s1. The molecule has 36 heavy (non-hydrogen) atoms. The van der Waals surface area contributed by atoms with Gasteiger partial charge in [-0.05, 0) is 72.8 Å². The van der Waals surface area contributed by atoms with Crippen molar-refractivity contribution in [1.82, 2.24) is 24.6 Å². The van der Waals surface area contributed by atoms with Crippen LogP contribution in [0.1, 0.15) is 34.7 Å². The summed E-state index contributed by atoms with van der Waals surface area (Å²) < 4.78 is 15.3. The van der Waals surface area contributed by atoms with Gasteiger partial charge in [0.25, 0.3) is 5.91 Å². The molecule has 0 N–H and O–H groups in total. The van der Waals surface area contributed by atoms with Crippen molar-refractivity contribution in [2.24, 2.45) is 0 Å². The Bertz CT molecular complexity index is 1550. The number of halogens is 1. The largest absolute Gasteiger partial charge is 0.327 e. The Morgan fingerprint density at radius 3 is 2.44 bits per heavy atom. The third kappa shape index (κ3) is 3.94. The minimum atomic E-state index is -0.274. The van der Waals surface area contributed by atoms with Crippen molar-refractivity contribution in [3.05, 3.63) is 88.1 Å². The predicted molar refractivity (Wildman–Crippen MR) is 140 cm³/mol. The molecule has 6 rings (SSSR count). The first-order valence-electron chi connectivity index (χ1n) is 11.6. The fourth-order valence-electron chi connectivity index (χ4n) is 4.55. The predicted octanol–water partition coefficient (Wildman–Crippen LogP) is 6.46. The summed E-state index contributed by atoms with van der Waals surface area (Å²) >= 11 is 3.19. The number of rotatable bonds is 4. The molecule has 0 spiro atoms. The zero-order valence-corrected chi connectivity index (χ0v) is 21.3. The van der Waals surface area contributed by atoms with Gasteiger partial charge in [0, 0.05) is 34.5 Å². The van der Waals surface area contributed by atoms with Gasteiger partial charge in [0.15, 0.2) is 11.6 Å². The van der Waals surface area contributed by atoms with E-state index in [-0.39, 0.29) is 17.8 Å². The summed E-state index contributed by atoms with van der Waals surface area (Å²) in [5.41, 5.74) is 4.61. The number of carbonyl (C=O) groups is 1. The van der Waals surface area contributed by atoms with Gasteiger partial charge >= 0.3 is 0 Å². The fraction of sp³-hybridized carbons (Fsp3) is 0.185. The summed E-state index contributed by atoms with van der Waals surface area (Å²) in [6, 6.07) is 16.0. The van der Waals surface area contributed by atoms with Crippen LogP contribution >= 0.6 is 22.7 Å². The SMILES string of the molecule is Cc1ccsc1-c1ccc(C(=O)N2CCn3c(-c4csc(-c5ccc(F)cc5)n4)nnc3[C@@H]2C)cc1. The van der Waals surface area contributed by atoms with Crippen molar-refractivity contribution in [2.75, 3.05) is 6.54 Å². The minimum Gasteiger partial charge on any atom is -0.327 e. The van der Waals surface area contributed by atoms with Crippen molar-refractivity contribution >= 4 is 28.6 Å². The summed E-state index contributed by atoms with van der Waals surface area (Å²) in [4.78, 5) is 21.2. The summed E-state index contributed by atoms with van der Waals surface area (Å²) in [5, 5.41) is 13.7. The van der Waals surface area contributed by atoms with Gasteiger partial charge < -0.3 is 9.47 Å². The van der Waals surface area contributed by atoms with E-state index in [9.17, 15) is 9.18 Å². The van der Waals surface area contributed by atoms with Gasteiger partial charge in [-0.1, -0.05) is 12.1 Å². The molecular formula is C27H22FN5OS2. The van der Waals surface area contributed by atoms with Crippen molar-refractivity contribution in [3.8, 4) is 32.5 Å². The van der Waals surface area contributed by atoms with Crippen molar-refractivity contribution in [2.45, 2.75) is 26.4 Å². The third-order valence-corrected chi connectivity index (χ3v) is 8.48. The van der Waals surface area contributed by atoms with Crippen LogP contribution in [0.15, 0.2) is 65.4 Å². The maximum atomic E-state index is 13.4. The highest BCUT2D eigenvalue weighted by Crippen LogP contribution is 2.33. The second kappa shape index (κ2) is 9.07. The highest BCUT2D eigenvalue weighted by atomic mass is 32.1. The van der Waals surface area contributed by atoms with Crippen LogP contribution in [0.2, 0.25) is 0 Å². The lowest BCUT2D eigenvalue weighted by Crippen LogP contribution is -2.41. The number of hydrogen-bond acceptors (Lipinski definition) is 6. The van der Waals surface area contributed by atoms with E-state index < -0.39 is 0 Å². The van der Waals surface area contributed by atoms with Gasteiger partial charge in [0.05, 0.1) is 6.04 Å². The molecule has 6 nitrogen and oxygen atoms in total. The summed E-state index contributed by atoms with van der Waals surface area (Å²) in [6.07, 6.45) is 0. The molecule has 0 unspecified atom stereocenters. The van der Waals surface area contributed by atoms with Crippen LogP contribution in [0, 0.1) is 12.7 Å². The van der Waals surface area contributed by atoms with E-state index in [4.69, 9.17) is 4.98 Å². The molecule has 2 aromatic carbocycles. The molecule has 0 radical (unpaired) electrons. The van der Waals surface area contributed by atoms with Gasteiger partial charge in [0.2, 0.25) is 0 Å². The van der Waals surface area contributed by atoms with Crippen molar-refractivity contribution in [1.29, 1.82) is 0 Å². The van der Waals surface area contributed by atoms with E-state index in [1.807, 2.05) is 46.0 Å². The number of fused-ring (bicyclic) bond motifs is 1. The molecule has 5 aromatic rings. The molecule has 1 aliphatic rings. The van der Waals surface area contributed by atoms with Crippen LogP contribution in [0.25, 0.3) is 32.5 Å². The quantitative estimate of drug-likeness (QED) is 0.276. The average molecular weight is 516 g/mol. The normalized spacial score (nSPS) is 15.2. The molecule has 3 aromatic heterocycles. The average Bonchev–Trinajstić information content (AvgIpc) is 3.64. The number of thiophene rings is 1. The molecule has 1 amide bonds. The number of thiazole rings is 1. The van der Waals surface area contributed by atoms with Crippen LogP contribution in [0.3, 0.4) is 0 Å². The molecule has 0 bridgehead atoms. The van der Waals surface area contributed by atoms with Gasteiger partial charge in [0.1, 0.15) is 16.5 Å². The van der Waals surface area contributed by atoms with Gasteiger partial charge in [-0.2, -0.15) is 0 Å². The van der Waals surface area contributed by atoms with E-state index in [2.05, 4.69) is 28.6 Å². The first kappa shape index (κ1) is 22.8. The highest BCUT2D eigenvalue weighted by molar-refractivity contribution is 7.14. The fourth-order valence-corrected chi connectivity index (χ4v) is 6.29. The van der Waals surface area contributed by atoms with E-state index in [0.717, 1.165) is 27.7 Å². The van der Waals surface area contributed by atoms with Crippen molar-refractivity contribution < 1.29 is 9.18 Å². The molecule has 1 aliphatic heterocycles. The van der Waals surface area contributed by atoms with Crippen LogP contribution < -0.4 is 0 Å². The van der Waals surface area contributed by atoms with Crippen LogP contribution in [-0.2, 0) is 6.54 Å². The maximum Gasteiger partial charge on any atom is 0.254 e. The lowest BCUT2D eigenvalue weighted by atomic mass is 10.1. The Balaban J connectivity index is 1.23. The number of amides is 1. The number of aryl methyl sites for hydroxylation is 1. The zero-order valence-electron chi connectivity index (χ0n) is 19.7. The van der Waals surface area contributed by atoms with Crippen LogP contribution in [0.4, 0.5) is 4.39 Å². The molecule has 9 heteroatoms. The first-order valence-corrected chi connectivity index (χ1v) is 13.4. The number of aromatic nitrogens is 4. The molecule has 0 aliphatic carbocycles. The summed E-state index contributed by atoms with van der Waals surface area (Å²) in [5.74, 6) is 1.14. The Hall–Kier alpha value is -3.69. The van der Waals surface area contributed by atoms with E-state index in [0.29, 0.717) is 24.5 Å². The molecule has 180 valence electrons. The van der Waals surface area contributed by atoms with E-state index in [1.165, 1.54) is 33.9 Å². The zero-order chi connectivity index (χ0) is 24.8. The molecule has 0 saturated carbocycles. The van der Waals surface area contributed by atoms with Crippen molar-refractivity contribution in [3.63, 3.8) is 0 Å². The first-order chi connectivity index (χ1) is 17.5. The summed E-state index contributed by atoms with van der Waals surface area (Å²) in [7, 11) is 0. The molecule has 0 saturated heterocycles. The Morgan fingerprint density at radius 1 is 0.972 bits per heavy atom. The van der Waals surface area contributed by atoms with E-state index >= 15 is 0 Å². The second-order valence-corrected chi connectivity index (χ2v) is 10.5. The minimum absolute atomic E-state index is 0.0139. The smallest absolute Gasteiger partial charge is 0.254 e. The summed E-state index contributed by atoms with van der Waals surface area (Å²) in [6.45, 7) is 5.22. The lowest BCUT2D eigenvalue weighted by molar-refractivity contribution is 0.0638. The Kier molecular flexibility index (Phi) is 5.73. The number of nitrogens with zero attached hydrogens (tertiary/aromatic N) is 5. The van der Waals surface area contributed by atoms with E-state index in [1.54, 1.807) is 23.5 Å². The molecule has 0 fully saturated rings. The second-order valence-electron chi connectivity index (χ2n) is 8.76. The maximum absolute atomic E-state index is 13.4. The highest BCUT2D eigenvalue weighted by Gasteiger charge is 2.32. The third-order valence-electron chi connectivity index (χ3n) is 6.53. The Morgan fingerprint density at radius 2 is 1.72 bits per heavy atom. The number of benzene rings is 2. The molecular weight excluding hydrogens is 493 g/mol. The van der Waals surface area contributed by atoms with Gasteiger partial charge in [-0.25, -0.2) is 9.37 Å². The van der Waals surface area contributed by atoms with Crippen LogP contribution in [0.5, 0.6) is 0 Å².